The Kier molecular flexibility index (Phi) is 7.68. The molecule has 21 heavy (non-hydrogen) atoms. The summed E-state index contributed by atoms with van der Waals surface area (Å²) in [7, 11) is 0. The zero-order chi connectivity index (χ0) is 15.1. The number of aliphatic hydroxyl groups is 1. The van der Waals surface area contributed by atoms with E-state index >= 15 is 0 Å². The molecule has 1 aliphatic rings. The highest BCUT2D eigenvalue weighted by Gasteiger charge is 2.19. The van der Waals surface area contributed by atoms with E-state index in [0.29, 0.717) is 19.3 Å². The second-order valence-corrected chi connectivity index (χ2v) is 8.58. The van der Waals surface area contributed by atoms with E-state index in [1.165, 1.54) is 21.5 Å². The molecular formula is C16H26BrNO2S. The highest BCUT2D eigenvalue weighted by Crippen LogP contribution is 2.25. The normalized spacial score (nSPS) is 24.1. The first-order chi connectivity index (χ1) is 10.1. The van der Waals surface area contributed by atoms with Crippen LogP contribution in [0.5, 0.6) is 0 Å². The average Bonchev–Trinajstić information content (AvgIpc) is 2.89. The van der Waals surface area contributed by atoms with E-state index in [4.69, 9.17) is 4.74 Å². The molecule has 3 nitrogen and oxygen atoms in total. The minimum absolute atomic E-state index is 0.360. The van der Waals surface area contributed by atoms with Crippen LogP contribution >= 0.6 is 27.3 Å². The van der Waals surface area contributed by atoms with Gasteiger partial charge < -0.3 is 15.2 Å². The summed E-state index contributed by atoms with van der Waals surface area (Å²) in [5, 5.41) is 13.2. The lowest BCUT2D eigenvalue weighted by atomic mass is 9.89. The van der Waals surface area contributed by atoms with E-state index in [1.54, 1.807) is 11.3 Å². The van der Waals surface area contributed by atoms with Crippen molar-refractivity contribution in [1.82, 2.24) is 5.32 Å². The van der Waals surface area contributed by atoms with E-state index in [9.17, 15) is 5.11 Å². The van der Waals surface area contributed by atoms with Gasteiger partial charge in [-0.25, -0.2) is 0 Å². The highest BCUT2D eigenvalue weighted by atomic mass is 79.9. The van der Waals surface area contributed by atoms with Gasteiger partial charge in [-0.1, -0.05) is 6.92 Å². The van der Waals surface area contributed by atoms with Gasteiger partial charge in [0.1, 0.15) is 0 Å². The molecule has 0 spiro atoms. The van der Waals surface area contributed by atoms with E-state index in [2.05, 4.69) is 40.3 Å². The summed E-state index contributed by atoms with van der Waals surface area (Å²) in [5.41, 5.74) is 0. The average molecular weight is 376 g/mol. The summed E-state index contributed by atoms with van der Waals surface area (Å²) in [6.45, 7) is 4.26. The van der Waals surface area contributed by atoms with Crippen LogP contribution in [0.1, 0.15) is 37.5 Å². The molecule has 0 saturated heterocycles. The molecule has 0 aliphatic heterocycles. The fourth-order valence-electron chi connectivity index (χ4n) is 2.67. The SMILES string of the molecule is CC1CCC(OCC(O)CNCCc2ccc(Br)s2)CC1. The second-order valence-electron chi connectivity index (χ2n) is 6.03. The zero-order valence-electron chi connectivity index (χ0n) is 12.7. The van der Waals surface area contributed by atoms with Crippen molar-refractivity contribution >= 4 is 27.3 Å². The molecule has 1 aromatic heterocycles. The third-order valence-electron chi connectivity index (χ3n) is 4.04. The van der Waals surface area contributed by atoms with Gasteiger partial charge in [0.2, 0.25) is 0 Å². The van der Waals surface area contributed by atoms with Gasteiger partial charge in [0, 0.05) is 18.0 Å². The van der Waals surface area contributed by atoms with Crippen LogP contribution in [0.15, 0.2) is 15.9 Å². The molecule has 1 atom stereocenters. The van der Waals surface area contributed by atoms with E-state index in [-0.39, 0.29) is 0 Å². The van der Waals surface area contributed by atoms with Crippen molar-refractivity contribution in [3.63, 3.8) is 0 Å². The molecule has 2 N–H and O–H groups in total. The molecule has 1 saturated carbocycles. The number of aliphatic hydroxyl groups excluding tert-OH is 1. The fraction of sp³-hybridized carbons (Fsp3) is 0.750. The molecule has 1 heterocycles. The number of hydrogen-bond acceptors (Lipinski definition) is 4. The zero-order valence-corrected chi connectivity index (χ0v) is 15.1. The van der Waals surface area contributed by atoms with Crippen molar-refractivity contribution in [2.24, 2.45) is 5.92 Å². The molecule has 0 radical (unpaired) electrons. The van der Waals surface area contributed by atoms with Crippen LogP contribution in [0.2, 0.25) is 0 Å². The number of halogens is 1. The molecule has 1 fully saturated rings. The summed E-state index contributed by atoms with van der Waals surface area (Å²) >= 11 is 5.23. The van der Waals surface area contributed by atoms with E-state index in [0.717, 1.165) is 31.7 Å². The van der Waals surface area contributed by atoms with Crippen LogP contribution < -0.4 is 5.32 Å². The van der Waals surface area contributed by atoms with Gasteiger partial charge in [-0.3, -0.25) is 0 Å². The van der Waals surface area contributed by atoms with Crippen LogP contribution in [0.25, 0.3) is 0 Å². The van der Waals surface area contributed by atoms with Gasteiger partial charge in [0.05, 0.1) is 22.6 Å². The van der Waals surface area contributed by atoms with Gasteiger partial charge >= 0.3 is 0 Å². The molecular weight excluding hydrogens is 350 g/mol. The molecule has 1 aliphatic carbocycles. The predicted octanol–water partition coefficient (Wildman–Crippen LogP) is 3.60. The molecule has 1 unspecified atom stereocenters. The molecule has 5 heteroatoms. The van der Waals surface area contributed by atoms with Crippen LogP contribution in [-0.4, -0.2) is 37.0 Å². The Bertz CT molecular complexity index is 405. The molecule has 0 bridgehead atoms. The largest absolute Gasteiger partial charge is 0.389 e. The Morgan fingerprint density at radius 3 is 2.81 bits per heavy atom. The molecule has 1 aromatic rings. The third kappa shape index (κ3) is 6.78. The van der Waals surface area contributed by atoms with Gasteiger partial charge in [-0.05, 0) is 66.1 Å². The lowest BCUT2D eigenvalue weighted by molar-refractivity contribution is -0.0277. The fourth-order valence-corrected chi connectivity index (χ4v) is 4.15. The summed E-state index contributed by atoms with van der Waals surface area (Å²) in [4.78, 5) is 1.36. The maximum Gasteiger partial charge on any atom is 0.0897 e. The van der Waals surface area contributed by atoms with Crippen LogP contribution in [0, 0.1) is 5.92 Å². The van der Waals surface area contributed by atoms with Gasteiger partial charge in [-0.2, -0.15) is 0 Å². The minimum atomic E-state index is -0.403. The standard InChI is InChI=1S/C16H26BrNO2S/c1-12-2-4-14(5-3-12)20-11-13(19)10-18-9-8-15-6-7-16(17)21-15/h6-7,12-14,18-19H,2-5,8-11H2,1H3. The Labute approximate surface area is 140 Å². The Balaban J connectivity index is 1.50. The first kappa shape index (κ1) is 17.4. The van der Waals surface area contributed by atoms with Gasteiger partial charge in [0.15, 0.2) is 0 Å². The maximum absolute atomic E-state index is 9.94. The Hall–Kier alpha value is 0.0600. The number of rotatable bonds is 8. The quantitative estimate of drug-likeness (QED) is 0.682. The Morgan fingerprint density at radius 2 is 2.14 bits per heavy atom. The van der Waals surface area contributed by atoms with Crippen molar-refractivity contribution in [2.75, 3.05) is 19.7 Å². The van der Waals surface area contributed by atoms with Crippen molar-refractivity contribution in [3.8, 4) is 0 Å². The first-order valence-corrected chi connectivity index (χ1v) is 9.49. The number of nitrogens with one attached hydrogen (secondary N) is 1. The van der Waals surface area contributed by atoms with E-state index < -0.39 is 6.10 Å². The number of hydrogen-bond donors (Lipinski definition) is 2. The predicted molar refractivity (Wildman–Crippen MR) is 92.0 cm³/mol. The smallest absolute Gasteiger partial charge is 0.0897 e. The molecule has 120 valence electrons. The van der Waals surface area contributed by atoms with Gasteiger partial charge in [-0.15, -0.1) is 11.3 Å². The molecule has 0 amide bonds. The number of thiophene rings is 1. The summed E-state index contributed by atoms with van der Waals surface area (Å²) in [6.07, 6.45) is 5.77. The Morgan fingerprint density at radius 1 is 1.38 bits per heavy atom. The van der Waals surface area contributed by atoms with Crippen molar-refractivity contribution in [3.05, 3.63) is 20.8 Å². The third-order valence-corrected chi connectivity index (χ3v) is 5.73. The maximum atomic E-state index is 9.94. The lowest BCUT2D eigenvalue weighted by Crippen LogP contribution is -2.33. The number of ether oxygens (including phenoxy) is 1. The lowest BCUT2D eigenvalue weighted by Gasteiger charge is -2.27. The van der Waals surface area contributed by atoms with Crippen LogP contribution in [-0.2, 0) is 11.2 Å². The van der Waals surface area contributed by atoms with E-state index in [1.807, 2.05) is 0 Å². The summed E-state index contributed by atoms with van der Waals surface area (Å²) < 4.78 is 6.99. The van der Waals surface area contributed by atoms with Crippen LogP contribution in [0.4, 0.5) is 0 Å². The monoisotopic (exact) mass is 375 g/mol. The second kappa shape index (κ2) is 9.26. The van der Waals surface area contributed by atoms with Crippen molar-refractivity contribution in [2.45, 2.75) is 51.2 Å². The summed E-state index contributed by atoms with van der Waals surface area (Å²) in [5.74, 6) is 0.841. The van der Waals surface area contributed by atoms with Crippen LogP contribution in [0.3, 0.4) is 0 Å². The van der Waals surface area contributed by atoms with Crippen molar-refractivity contribution < 1.29 is 9.84 Å². The van der Waals surface area contributed by atoms with Crippen molar-refractivity contribution in [1.29, 1.82) is 0 Å². The highest BCUT2D eigenvalue weighted by molar-refractivity contribution is 9.11. The van der Waals surface area contributed by atoms with Gasteiger partial charge in [0.25, 0.3) is 0 Å². The first-order valence-electron chi connectivity index (χ1n) is 7.88. The summed E-state index contributed by atoms with van der Waals surface area (Å²) in [6, 6.07) is 4.22. The molecule has 0 aromatic carbocycles. The minimum Gasteiger partial charge on any atom is -0.389 e. The topological polar surface area (TPSA) is 41.5 Å². The molecule has 2 rings (SSSR count).